The van der Waals surface area contributed by atoms with Crippen LogP contribution in [-0.2, 0) is 27.2 Å². The predicted molar refractivity (Wildman–Crippen MR) is 68.9 cm³/mol. The van der Waals surface area contributed by atoms with Gasteiger partial charge in [-0.3, -0.25) is 4.79 Å². The lowest BCUT2D eigenvalue weighted by Gasteiger charge is -2.19. The van der Waals surface area contributed by atoms with E-state index in [9.17, 15) is 9.59 Å². The van der Waals surface area contributed by atoms with Gasteiger partial charge in [0.05, 0.1) is 0 Å². The number of nitrogens with zero attached hydrogens (tertiary/aromatic N) is 1. The van der Waals surface area contributed by atoms with Gasteiger partial charge in [-0.25, -0.2) is 4.79 Å². The Morgan fingerprint density at radius 1 is 1.11 bits per heavy atom. The lowest BCUT2D eigenvalue weighted by Crippen LogP contribution is -2.36. The second kappa shape index (κ2) is 6.33. The van der Waals surface area contributed by atoms with Gasteiger partial charge < -0.3 is 14.7 Å². The molecule has 1 aliphatic rings. The molecule has 0 aromatic heterocycles. The standard InChI is InChI=1S/C14H17NO4/c16-13(9-19-10-14(17)18)15-7-5-11-3-1-2-4-12(11)6-8-15/h1-4H,5-10H2,(H,17,18). The molecule has 1 aromatic rings. The van der Waals surface area contributed by atoms with E-state index in [2.05, 4.69) is 12.1 Å². The molecule has 0 radical (unpaired) electrons. The zero-order chi connectivity index (χ0) is 13.7. The van der Waals surface area contributed by atoms with E-state index < -0.39 is 12.6 Å². The van der Waals surface area contributed by atoms with Crippen molar-refractivity contribution in [2.45, 2.75) is 12.8 Å². The van der Waals surface area contributed by atoms with Gasteiger partial charge in [-0.1, -0.05) is 24.3 Å². The van der Waals surface area contributed by atoms with E-state index in [1.54, 1.807) is 4.90 Å². The van der Waals surface area contributed by atoms with Gasteiger partial charge in [0.15, 0.2) is 0 Å². The van der Waals surface area contributed by atoms with Crippen LogP contribution in [0.2, 0.25) is 0 Å². The monoisotopic (exact) mass is 263 g/mol. The summed E-state index contributed by atoms with van der Waals surface area (Å²) in [5, 5.41) is 8.45. The molecule has 19 heavy (non-hydrogen) atoms. The Hall–Kier alpha value is -1.88. The molecule has 0 unspecified atom stereocenters. The maximum atomic E-state index is 11.9. The van der Waals surface area contributed by atoms with E-state index in [-0.39, 0.29) is 12.5 Å². The van der Waals surface area contributed by atoms with Crippen molar-refractivity contribution in [2.24, 2.45) is 0 Å². The number of amides is 1. The summed E-state index contributed by atoms with van der Waals surface area (Å²) < 4.78 is 4.84. The van der Waals surface area contributed by atoms with Crippen LogP contribution in [0.25, 0.3) is 0 Å². The summed E-state index contributed by atoms with van der Waals surface area (Å²) in [4.78, 5) is 23.9. The van der Waals surface area contributed by atoms with Crippen molar-refractivity contribution in [3.8, 4) is 0 Å². The highest BCUT2D eigenvalue weighted by molar-refractivity contribution is 5.78. The van der Waals surface area contributed by atoms with Gasteiger partial charge >= 0.3 is 5.97 Å². The summed E-state index contributed by atoms with van der Waals surface area (Å²) in [7, 11) is 0. The summed E-state index contributed by atoms with van der Waals surface area (Å²) in [6, 6.07) is 8.19. The van der Waals surface area contributed by atoms with Crippen molar-refractivity contribution < 1.29 is 19.4 Å². The number of carbonyl (C=O) groups excluding carboxylic acids is 1. The molecule has 1 aromatic carbocycles. The van der Waals surface area contributed by atoms with Gasteiger partial charge in [0.25, 0.3) is 0 Å². The molecule has 0 saturated carbocycles. The first-order chi connectivity index (χ1) is 9.16. The van der Waals surface area contributed by atoms with Gasteiger partial charge in [-0.2, -0.15) is 0 Å². The molecule has 0 bridgehead atoms. The van der Waals surface area contributed by atoms with E-state index in [1.807, 2.05) is 12.1 Å². The number of hydrogen-bond acceptors (Lipinski definition) is 3. The largest absolute Gasteiger partial charge is 0.480 e. The third-order valence-corrected chi connectivity index (χ3v) is 3.22. The first kappa shape index (κ1) is 13.5. The van der Waals surface area contributed by atoms with Gasteiger partial charge in [0.1, 0.15) is 13.2 Å². The van der Waals surface area contributed by atoms with Gasteiger partial charge in [-0.15, -0.1) is 0 Å². The maximum Gasteiger partial charge on any atom is 0.329 e. The fourth-order valence-corrected chi connectivity index (χ4v) is 2.23. The molecule has 1 amide bonds. The molecule has 0 atom stereocenters. The van der Waals surface area contributed by atoms with Crippen LogP contribution in [0.15, 0.2) is 24.3 Å². The fraction of sp³-hybridized carbons (Fsp3) is 0.429. The summed E-state index contributed by atoms with van der Waals surface area (Å²) in [5.41, 5.74) is 2.56. The van der Waals surface area contributed by atoms with Gasteiger partial charge in [0, 0.05) is 13.1 Å². The molecule has 5 heteroatoms. The molecule has 0 saturated heterocycles. The molecule has 0 fully saturated rings. The first-order valence-electron chi connectivity index (χ1n) is 6.31. The van der Waals surface area contributed by atoms with Crippen LogP contribution in [0, 0.1) is 0 Å². The summed E-state index contributed by atoms with van der Waals surface area (Å²) in [6.45, 7) is 0.723. The highest BCUT2D eigenvalue weighted by Gasteiger charge is 2.18. The maximum absolute atomic E-state index is 11.9. The average molecular weight is 263 g/mol. The number of rotatable bonds is 4. The fourth-order valence-electron chi connectivity index (χ4n) is 2.23. The van der Waals surface area contributed by atoms with E-state index in [0.717, 1.165) is 12.8 Å². The van der Waals surface area contributed by atoms with Crippen LogP contribution in [0.3, 0.4) is 0 Å². The first-order valence-corrected chi connectivity index (χ1v) is 6.31. The third kappa shape index (κ3) is 3.79. The number of hydrogen-bond donors (Lipinski definition) is 1. The quantitative estimate of drug-likeness (QED) is 0.869. The molecule has 1 heterocycles. The molecule has 0 spiro atoms. The molecule has 1 aliphatic heterocycles. The van der Waals surface area contributed by atoms with Crippen LogP contribution < -0.4 is 0 Å². The molecule has 1 N–H and O–H groups in total. The molecule has 0 aliphatic carbocycles. The van der Waals surface area contributed by atoms with E-state index >= 15 is 0 Å². The van der Waals surface area contributed by atoms with E-state index in [1.165, 1.54) is 11.1 Å². The van der Waals surface area contributed by atoms with Crippen molar-refractivity contribution in [1.82, 2.24) is 4.90 Å². The van der Waals surface area contributed by atoms with Gasteiger partial charge in [0.2, 0.25) is 5.91 Å². The lowest BCUT2D eigenvalue weighted by molar-refractivity contribution is -0.145. The van der Waals surface area contributed by atoms with Crippen LogP contribution >= 0.6 is 0 Å². The van der Waals surface area contributed by atoms with Crippen molar-refractivity contribution >= 4 is 11.9 Å². The summed E-state index contributed by atoms with van der Waals surface area (Å²) in [5.74, 6) is -1.20. The normalized spacial score (nSPS) is 14.6. The second-order valence-corrected chi connectivity index (χ2v) is 4.54. The highest BCUT2D eigenvalue weighted by Crippen LogP contribution is 2.15. The van der Waals surface area contributed by atoms with Crippen LogP contribution in [0.1, 0.15) is 11.1 Å². The number of benzene rings is 1. The summed E-state index contributed by atoms with van der Waals surface area (Å²) in [6.07, 6.45) is 1.67. The Labute approximate surface area is 111 Å². The zero-order valence-electron chi connectivity index (χ0n) is 10.7. The Kier molecular flexibility index (Phi) is 4.52. The molecule has 5 nitrogen and oxygen atoms in total. The van der Waals surface area contributed by atoms with Crippen molar-refractivity contribution in [3.05, 3.63) is 35.4 Å². The third-order valence-electron chi connectivity index (χ3n) is 3.22. The topological polar surface area (TPSA) is 66.8 Å². The second-order valence-electron chi connectivity index (χ2n) is 4.54. The van der Waals surface area contributed by atoms with Crippen molar-refractivity contribution in [2.75, 3.05) is 26.3 Å². The number of aliphatic carboxylic acids is 1. The number of carboxylic acids is 1. The Morgan fingerprint density at radius 3 is 2.21 bits per heavy atom. The Bertz CT molecular complexity index is 445. The smallest absolute Gasteiger partial charge is 0.329 e. The molecular formula is C14H17NO4. The average Bonchev–Trinajstić information content (AvgIpc) is 2.60. The van der Waals surface area contributed by atoms with Crippen LogP contribution in [0.4, 0.5) is 0 Å². The van der Waals surface area contributed by atoms with Crippen LogP contribution in [0.5, 0.6) is 0 Å². The molecular weight excluding hydrogens is 246 g/mol. The minimum Gasteiger partial charge on any atom is -0.480 e. The number of carbonyl (C=O) groups is 2. The SMILES string of the molecule is O=C(O)COCC(=O)N1CCc2ccccc2CC1. The number of ether oxygens (including phenoxy) is 1. The highest BCUT2D eigenvalue weighted by atomic mass is 16.5. The van der Waals surface area contributed by atoms with Crippen molar-refractivity contribution in [1.29, 1.82) is 0 Å². The molecule has 2 rings (SSSR count). The van der Waals surface area contributed by atoms with Gasteiger partial charge in [-0.05, 0) is 24.0 Å². The minimum absolute atomic E-state index is 0.144. The van der Waals surface area contributed by atoms with E-state index in [4.69, 9.17) is 9.84 Å². The number of fused-ring (bicyclic) bond motifs is 1. The molecule has 102 valence electrons. The van der Waals surface area contributed by atoms with Crippen molar-refractivity contribution in [3.63, 3.8) is 0 Å². The number of carboxylic acid groups (broad SMARTS) is 1. The van der Waals surface area contributed by atoms with E-state index in [0.29, 0.717) is 13.1 Å². The summed E-state index contributed by atoms with van der Waals surface area (Å²) >= 11 is 0. The lowest BCUT2D eigenvalue weighted by atomic mass is 10.0. The predicted octanol–water partition coefficient (Wildman–Crippen LogP) is 0.715. The Morgan fingerprint density at radius 2 is 1.68 bits per heavy atom. The Balaban J connectivity index is 1.87. The zero-order valence-corrected chi connectivity index (χ0v) is 10.7. The van der Waals surface area contributed by atoms with Crippen LogP contribution in [-0.4, -0.2) is 48.2 Å². The minimum atomic E-state index is -1.06.